The molecule has 1 aliphatic rings. The lowest BCUT2D eigenvalue weighted by atomic mass is 9.85. The lowest BCUT2D eigenvalue weighted by Crippen LogP contribution is -2.29. The Bertz CT molecular complexity index is 1210. The Labute approximate surface area is 194 Å². The minimum atomic E-state index is -3.78. The van der Waals surface area contributed by atoms with Crippen molar-refractivity contribution in [3.05, 3.63) is 70.9 Å². The van der Waals surface area contributed by atoms with Crippen molar-refractivity contribution in [2.24, 2.45) is 5.92 Å². The van der Waals surface area contributed by atoms with Gasteiger partial charge in [-0.25, -0.2) is 22.9 Å². The average Bonchev–Trinajstić information content (AvgIpc) is 3.25. The molecule has 4 rings (SSSR count). The van der Waals surface area contributed by atoms with Crippen molar-refractivity contribution in [1.29, 1.82) is 0 Å². The first-order valence-electron chi connectivity index (χ1n) is 11.5. The molecule has 1 aliphatic carbocycles. The summed E-state index contributed by atoms with van der Waals surface area (Å²) in [6.45, 7) is 2.79. The molecule has 1 aromatic heterocycles. The van der Waals surface area contributed by atoms with Gasteiger partial charge in [0.1, 0.15) is 6.33 Å². The molecule has 176 valence electrons. The van der Waals surface area contributed by atoms with Gasteiger partial charge in [0.2, 0.25) is 0 Å². The van der Waals surface area contributed by atoms with Crippen molar-refractivity contribution in [3.63, 3.8) is 0 Å². The van der Waals surface area contributed by atoms with E-state index in [1.807, 2.05) is 18.2 Å². The van der Waals surface area contributed by atoms with Crippen molar-refractivity contribution in [1.82, 2.24) is 20.1 Å². The number of aromatic nitrogens is 3. The van der Waals surface area contributed by atoms with Crippen LogP contribution in [0.15, 0.2) is 64.5 Å². The molecular formula is C24H31N5O3S. The lowest BCUT2D eigenvalue weighted by molar-refractivity contribution is 0.305. The number of rotatable bonds is 9. The minimum absolute atomic E-state index is 0.122. The van der Waals surface area contributed by atoms with Gasteiger partial charge in [0.05, 0.1) is 16.3 Å². The van der Waals surface area contributed by atoms with Gasteiger partial charge in [0, 0.05) is 12.6 Å². The Kier molecular flexibility index (Phi) is 7.29. The van der Waals surface area contributed by atoms with Crippen LogP contribution in [0.4, 0.5) is 5.69 Å². The normalized spacial score (nSPS) is 15.9. The first-order valence-corrected chi connectivity index (χ1v) is 13.0. The van der Waals surface area contributed by atoms with Crippen LogP contribution in [0.25, 0.3) is 5.69 Å². The van der Waals surface area contributed by atoms with Crippen LogP contribution in [0.1, 0.15) is 51.0 Å². The topological polar surface area (TPSA) is 109 Å². The molecule has 0 radical (unpaired) electrons. The molecule has 0 saturated heterocycles. The fourth-order valence-corrected chi connectivity index (χ4v) is 5.59. The molecule has 1 atom stereocenters. The van der Waals surface area contributed by atoms with Gasteiger partial charge in [-0.15, -0.1) is 0 Å². The van der Waals surface area contributed by atoms with Crippen LogP contribution < -0.4 is 15.7 Å². The molecule has 2 aromatic carbocycles. The first-order chi connectivity index (χ1) is 15.9. The van der Waals surface area contributed by atoms with E-state index < -0.39 is 10.0 Å². The van der Waals surface area contributed by atoms with Gasteiger partial charge in [0.15, 0.2) is 0 Å². The smallest absolute Gasteiger partial charge is 0.310 e. The molecule has 3 aromatic rings. The summed E-state index contributed by atoms with van der Waals surface area (Å²) in [4.78, 5) is 11.8. The predicted octanol–water partition coefficient (Wildman–Crippen LogP) is 3.81. The SMILES string of the molecule is CC(CC1CCCCC1)NCc1ccccc1NS(=O)(=O)c1ccc(-n2cn[nH]c2=O)cc1. The van der Waals surface area contributed by atoms with Crippen molar-refractivity contribution < 1.29 is 8.42 Å². The van der Waals surface area contributed by atoms with E-state index in [-0.39, 0.29) is 10.6 Å². The maximum atomic E-state index is 13.0. The summed E-state index contributed by atoms with van der Waals surface area (Å²) < 4.78 is 30.0. The molecule has 9 heteroatoms. The highest BCUT2D eigenvalue weighted by molar-refractivity contribution is 7.92. The second-order valence-electron chi connectivity index (χ2n) is 8.81. The van der Waals surface area contributed by atoms with E-state index in [1.54, 1.807) is 18.2 Å². The van der Waals surface area contributed by atoms with E-state index in [1.165, 1.54) is 55.1 Å². The molecule has 0 aliphatic heterocycles. The van der Waals surface area contributed by atoms with Crippen molar-refractivity contribution in [3.8, 4) is 5.69 Å². The van der Waals surface area contributed by atoms with E-state index in [9.17, 15) is 13.2 Å². The van der Waals surface area contributed by atoms with Crippen LogP contribution in [0, 0.1) is 5.92 Å². The number of hydrogen-bond donors (Lipinski definition) is 3. The molecular weight excluding hydrogens is 438 g/mol. The van der Waals surface area contributed by atoms with E-state index >= 15 is 0 Å². The van der Waals surface area contributed by atoms with E-state index in [2.05, 4.69) is 27.2 Å². The molecule has 1 heterocycles. The zero-order valence-electron chi connectivity index (χ0n) is 18.8. The fourth-order valence-electron chi connectivity index (χ4n) is 4.49. The summed E-state index contributed by atoms with van der Waals surface area (Å²) in [6, 6.07) is 13.9. The Balaban J connectivity index is 1.42. The maximum absolute atomic E-state index is 13.0. The Morgan fingerprint density at radius 3 is 2.52 bits per heavy atom. The first kappa shape index (κ1) is 23.3. The number of aromatic amines is 1. The number of anilines is 1. The highest BCUT2D eigenvalue weighted by Gasteiger charge is 2.18. The highest BCUT2D eigenvalue weighted by atomic mass is 32.2. The van der Waals surface area contributed by atoms with Gasteiger partial charge >= 0.3 is 5.69 Å². The highest BCUT2D eigenvalue weighted by Crippen LogP contribution is 2.27. The molecule has 33 heavy (non-hydrogen) atoms. The zero-order valence-corrected chi connectivity index (χ0v) is 19.6. The second kappa shape index (κ2) is 10.4. The van der Waals surface area contributed by atoms with Gasteiger partial charge in [0.25, 0.3) is 10.0 Å². The summed E-state index contributed by atoms with van der Waals surface area (Å²) >= 11 is 0. The van der Waals surface area contributed by atoms with Gasteiger partial charge in [-0.05, 0) is 55.2 Å². The zero-order chi connectivity index (χ0) is 23.3. The third-order valence-electron chi connectivity index (χ3n) is 6.29. The average molecular weight is 470 g/mol. The number of sulfonamides is 1. The van der Waals surface area contributed by atoms with Crippen molar-refractivity contribution in [2.75, 3.05) is 4.72 Å². The van der Waals surface area contributed by atoms with Crippen LogP contribution in [0.2, 0.25) is 0 Å². The molecule has 0 bridgehead atoms. The van der Waals surface area contributed by atoms with Gasteiger partial charge in [-0.3, -0.25) is 4.72 Å². The van der Waals surface area contributed by atoms with Gasteiger partial charge < -0.3 is 5.32 Å². The Morgan fingerprint density at radius 1 is 1.09 bits per heavy atom. The summed E-state index contributed by atoms with van der Waals surface area (Å²) in [7, 11) is -3.78. The van der Waals surface area contributed by atoms with Crippen LogP contribution in [-0.4, -0.2) is 29.2 Å². The Hall–Kier alpha value is -2.91. The van der Waals surface area contributed by atoms with Crippen LogP contribution in [0.5, 0.6) is 0 Å². The molecule has 0 amide bonds. The third-order valence-corrected chi connectivity index (χ3v) is 7.67. The number of para-hydroxylation sites is 1. The Morgan fingerprint density at radius 2 is 1.82 bits per heavy atom. The second-order valence-corrected chi connectivity index (χ2v) is 10.5. The van der Waals surface area contributed by atoms with Crippen molar-refractivity contribution in [2.45, 2.75) is 62.9 Å². The maximum Gasteiger partial charge on any atom is 0.347 e. The quantitative estimate of drug-likeness (QED) is 0.442. The van der Waals surface area contributed by atoms with E-state index in [0.717, 1.165) is 17.9 Å². The van der Waals surface area contributed by atoms with Crippen molar-refractivity contribution >= 4 is 15.7 Å². The number of nitrogens with zero attached hydrogens (tertiary/aromatic N) is 2. The molecule has 3 N–H and O–H groups in total. The third kappa shape index (κ3) is 5.91. The number of nitrogens with one attached hydrogen (secondary N) is 3. The minimum Gasteiger partial charge on any atom is -0.310 e. The summed E-state index contributed by atoms with van der Waals surface area (Å²) in [5.74, 6) is 0.788. The predicted molar refractivity (Wildman–Crippen MR) is 129 cm³/mol. The molecule has 8 nitrogen and oxygen atoms in total. The number of benzene rings is 2. The number of hydrogen-bond acceptors (Lipinski definition) is 5. The van der Waals surface area contributed by atoms with Gasteiger partial charge in [-0.2, -0.15) is 5.10 Å². The van der Waals surface area contributed by atoms with Crippen LogP contribution in [0.3, 0.4) is 0 Å². The van der Waals surface area contributed by atoms with E-state index in [0.29, 0.717) is 24.0 Å². The van der Waals surface area contributed by atoms with E-state index in [4.69, 9.17) is 0 Å². The van der Waals surface area contributed by atoms with Gasteiger partial charge in [-0.1, -0.05) is 50.3 Å². The molecule has 1 fully saturated rings. The molecule has 0 spiro atoms. The molecule has 1 unspecified atom stereocenters. The van der Waals surface area contributed by atoms with Crippen LogP contribution in [-0.2, 0) is 16.6 Å². The number of H-pyrrole nitrogens is 1. The summed E-state index contributed by atoms with van der Waals surface area (Å²) in [5, 5.41) is 9.56. The largest absolute Gasteiger partial charge is 0.347 e. The van der Waals surface area contributed by atoms with Crippen LogP contribution >= 0.6 is 0 Å². The summed E-state index contributed by atoms with van der Waals surface area (Å²) in [6.07, 6.45) is 9.16. The lowest BCUT2D eigenvalue weighted by Gasteiger charge is -2.25. The standard InChI is InChI=1S/C24H31N5O3S/c1-18(15-19-7-3-2-4-8-19)25-16-20-9-5-6-10-23(20)28-33(31,32)22-13-11-21(12-14-22)29-17-26-27-24(29)30/h5-6,9-14,17-19,25,28H,2-4,7-8,15-16H2,1H3,(H,27,30). The monoisotopic (exact) mass is 469 g/mol. The summed E-state index contributed by atoms with van der Waals surface area (Å²) in [5.41, 5.74) is 1.61. The fraction of sp³-hybridized carbons (Fsp3) is 0.417. The molecule has 1 saturated carbocycles.